The van der Waals surface area contributed by atoms with Crippen LogP contribution >= 0.6 is 15.9 Å². The second-order valence-electron chi connectivity index (χ2n) is 4.45. The first kappa shape index (κ1) is 13.7. The van der Waals surface area contributed by atoms with Crippen molar-refractivity contribution in [2.24, 2.45) is 0 Å². The fraction of sp³-hybridized carbons (Fsp3) is 0.0625. The smallest absolute Gasteiger partial charge is 0.291 e. The van der Waals surface area contributed by atoms with Gasteiger partial charge in [0.15, 0.2) is 17.1 Å². The number of benzene rings is 2. The summed E-state index contributed by atoms with van der Waals surface area (Å²) in [4.78, 5) is 12.2. The molecule has 5 heteroatoms. The molecule has 0 atom stereocenters. The summed E-state index contributed by atoms with van der Waals surface area (Å²) in [7, 11) is 1.57. The Bertz CT molecular complexity index is 810. The van der Waals surface area contributed by atoms with Gasteiger partial charge in [0.05, 0.1) is 7.11 Å². The summed E-state index contributed by atoms with van der Waals surface area (Å²) >= 11 is 3.36. The van der Waals surface area contributed by atoms with Gasteiger partial charge in [-0.15, -0.1) is 0 Å². The molecular weight excluding hydrogens is 334 g/mol. The Morgan fingerprint density at radius 2 is 2.00 bits per heavy atom. The Labute approximate surface area is 129 Å². The topological polar surface area (TPSA) is 51.5 Å². The standard InChI is InChI=1S/C16H12BrNO3/c1-20-13-7-2-4-10-8-14(21-15(10)13)16(19)18-12-6-3-5-11(17)9-12/h2-9H,1H3,(H,18,19). The quantitative estimate of drug-likeness (QED) is 0.762. The molecule has 3 aromatic rings. The van der Waals surface area contributed by atoms with E-state index in [2.05, 4.69) is 21.2 Å². The minimum absolute atomic E-state index is 0.245. The molecule has 0 saturated carbocycles. The van der Waals surface area contributed by atoms with E-state index in [-0.39, 0.29) is 11.7 Å². The number of hydrogen-bond acceptors (Lipinski definition) is 3. The van der Waals surface area contributed by atoms with E-state index in [9.17, 15) is 4.79 Å². The monoisotopic (exact) mass is 345 g/mol. The molecule has 1 aromatic heterocycles. The Kier molecular flexibility index (Phi) is 3.66. The van der Waals surface area contributed by atoms with Crippen molar-refractivity contribution in [2.45, 2.75) is 0 Å². The number of ether oxygens (including phenoxy) is 1. The predicted octanol–water partition coefficient (Wildman–Crippen LogP) is 4.46. The highest BCUT2D eigenvalue weighted by molar-refractivity contribution is 9.10. The fourth-order valence-electron chi connectivity index (χ4n) is 2.07. The molecule has 21 heavy (non-hydrogen) atoms. The van der Waals surface area contributed by atoms with Gasteiger partial charge in [-0.25, -0.2) is 0 Å². The van der Waals surface area contributed by atoms with Crippen LogP contribution in [0.3, 0.4) is 0 Å². The van der Waals surface area contributed by atoms with Crippen LogP contribution in [0.25, 0.3) is 11.0 Å². The third-order valence-electron chi connectivity index (χ3n) is 3.03. The van der Waals surface area contributed by atoms with E-state index >= 15 is 0 Å². The van der Waals surface area contributed by atoms with Crippen LogP contribution in [0.15, 0.2) is 57.4 Å². The van der Waals surface area contributed by atoms with Gasteiger partial charge in [-0.3, -0.25) is 4.79 Å². The summed E-state index contributed by atoms with van der Waals surface area (Å²) in [6, 6.07) is 14.6. The van der Waals surface area contributed by atoms with Crippen LogP contribution in [0, 0.1) is 0 Å². The number of fused-ring (bicyclic) bond motifs is 1. The molecule has 4 nitrogen and oxygen atoms in total. The van der Waals surface area contributed by atoms with Crippen LogP contribution in [0.5, 0.6) is 5.75 Å². The first-order valence-electron chi connectivity index (χ1n) is 6.31. The number of methoxy groups -OCH3 is 1. The molecule has 0 unspecified atom stereocenters. The van der Waals surface area contributed by atoms with Crippen molar-refractivity contribution in [2.75, 3.05) is 12.4 Å². The van der Waals surface area contributed by atoms with Gasteiger partial charge in [0, 0.05) is 15.5 Å². The zero-order chi connectivity index (χ0) is 14.8. The lowest BCUT2D eigenvalue weighted by Crippen LogP contribution is -2.10. The highest BCUT2D eigenvalue weighted by Gasteiger charge is 2.14. The molecule has 3 rings (SSSR count). The van der Waals surface area contributed by atoms with Gasteiger partial charge in [0.25, 0.3) is 5.91 Å². The zero-order valence-corrected chi connectivity index (χ0v) is 12.8. The first-order chi connectivity index (χ1) is 10.2. The van der Waals surface area contributed by atoms with Crippen molar-refractivity contribution in [1.82, 2.24) is 0 Å². The third kappa shape index (κ3) is 2.78. The van der Waals surface area contributed by atoms with Crippen LogP contribution in [-0.4, -0.2) is 13.0 Å². The third-order valence-corrected chi connectivity index (χ3v) is 3.53. The van der Waals surface area contributed by atoms with Gasteiger partial charge >= 0.3 is 0 Å². The largest absolute Gasteiger partial charge is 0.493 e. The van der Waals surface area contributed by atoms with Crippen LogP contribution in [0.4, 0.5) is 5.69 Å². The number of hydrogen-bond donors (Lipinski definition) is 1. The zero-order valence-electron chi connectivity index (χ0n) is 11.2. The van der Waals surface area contributed by atoms with E-state index in [1.54, 1.807) is 19.2 Å². The summed E-state index contributed by atoms with van der Waals surface area (Å²) < 4.78 is 11.7. The van der Waals surface area contributed by atoms with Gasteiger partial charge in [0.2, 0.25) is 0 Å². The normalized spacial score (nSPS) is 10.6. The van der Waals surface area contributed by atoms with Crippen molar-refractivity contribution >= 4 is 38.5 Å². The average molecular weight is 346 g/mol. The molecule has 0 radical (unpaired) electrons. The average Bonchev–Trinajstić information content (AvgIpc) is 2.91. The maximum atomic E-state index is 12.2. The molecule has 1 N–H and O–H groups in total. The maximum absolute atomic E-state index is 12.2. The van der Waals surface area contributed by atoms with Gasteiger partial charge in [-0.05, 0) is 30.3 Å². The van der Waals surface area contributed by atoms with E-state index in [1.165, 1.54) is 0 Å². The van der Waals surface area contributed by atoms with Crippen molar-refractivity contribution in [3.05, 3.63) is 58.8 Å². The number of furan rings is 1. The predicted molar refractivity (Wildman–Crippen MR) is 84.9 cm³/mol. The molecule has 0 aliphatic carbocycles. The lowest BCUT2D eigenvalue weighted by atomic mass is 10.2. The van der Waals surface area contributed by atoms with Gasteiger partial charge < -0.3 is 14.5 Å². The summed E-state index contributed by atoms with van der Waals surface area (Å²) in [5, 5.41) is 3.62. The van der Waals surface area contributed by atoms with Crippen molar-refractivity contribution in [1.29, 1.82) is 0 Å². The minimum Gasteiger partial charge on any atom is -0.493 e. The SMILES string of the molecule is COc1cccc2cc(C(=O)Nc3cccc(Br)c3)oc12. The van der Waals surface area contributed by atoms with Crippen molar-refractivity contribution in [3.8, 4) is 5.75 Å². The van der Waals surface area contributed by atoms with Gasteiger partial charge in [0.1, 0.15) is 0 Å². The second kappa shape index (κ2) is 5.61. The number of carbonyl (C=O) groups is 1. The van der Waals surface area contributed by atoms with E-state index in [0.717, 1.165) is 9.86 Å². The Balaban J connectivity index is 1.91. The lowest BCUT2D eigenvalue weighted by Gasteiger charge is -2.03. The molecule has 1 heterocycles. The number of halogens is 1. The summed E-state index contributed by atoms with van der Waals surface area (Å²) in [6.45, 7) is 0. The number of rotatable bonds is 3. The van der Waals surface area contributed by atoms with Gasteiger partial charge in [-0.2, -0.15) is 0 Å². The number of carbonyl (C=O) groups excluding carboxylic acids is 1. The Morgan fingerprint density at radius 1 is 1.19 bits per heavy atom. The van der Waals surface area contributed by atoms with Crippen LogP contribution in [-0.2, 0) is 0 Å². The maximum Gasteiger partial charge on any atom is 0.291 e. The molecule has 2 aromatic carbocycles. The highest BCUT2D eigenvalue weighted by Crippen LogP contribution is 2.28. The number of nitrogens with one attached hydrogen (secondary N) is 1. The van der Waals surface area contributed by atoms with E-state index < -0.39 is 0 Å². The molecule has 0 aliphatic rings. The highest BCUT2D eigenvalue weighted by atomic mass is 79.9. The van der Waals surface area contributed by atoms with Crippen LogP contribution in [0.1, 0.15) is 10.6 Å². The molecule has 0 bridgehead atoms. The summed E-state index contributed by atoms with van der Waals surface area (Å²) in [6.07, 6.45) is 0. The second-order valence-corrected chi connectivity index (χ2v) is 5.37. The van der Waals surface area contributed by atoms with Crippen molar-refractivity contribution < 1.29 is 13.9 Å². The molecule has 1 amide bonds. The minimum atomic E-state index is -0.300. The first-order valence-corrected chi connectivity index (χ1v) is 7.10. The molecule has 0 aliphatic heterocycles. The lowest BCUT2D eigenvalue weighted by molar-refractivity contribution is 0.0998. The number of anilines is 1. The summed E-state index contributed by atoms with van der Waals surface area (Å²) in [5.41, 5.74) is 1.26. The molecule has 106 valence electrons. The molecule has 0 fully saturated rings. The van der Waals surface area contributed by atoms with Gasteiger partial charge in [-0.1, -0.05) is 34.1 Å². The fourth-order valence-corrected chi connectivity index (χ4v) is 2.47. The molecule has 0 saturated heterocycles. The Hall–Kier alpha value is -2.27. The number of amides is 1. The van der Waals surface area contributed by atoms with Crippen LogP contribution < -0.4 is 10.1 Å². The van der Waals surface area contributed by atoms with E-state index in [0.29, 0.717) is 17.0 Å². The van der Waals surface area contributed by atoms with Crippen molar-refractivity contribution in [3.63, 3.8) is 0 Å². The molecular formula is C16H12BrNO3. The van der Waals surface area contributed by atoms with E-state index in [4.69, 9.17) is 9.15 Å². The molecule has 0 spiro atoms. The summed E-state index contributed by atoms with van der Waals surface area (Å²) in [5.74, 6) is 0.551. The van der Waals surface area contributed by atoms with Crippen LogP contribution in [0.2, 0.25) is 0 Å². The Morgan fingerprint density at radius 3 is 2.76 bits per heavy atom. The van der Waals surface area contributed by atoms with E-state index in [1.807, 2.05) is 36.4 Å². The number of para-hydroxylation sites is 1.